The zero-order chi connectivity index (χ0) is 17.4. The van der Waals surface area contributed by atoms with Crippen molar-refractivity contribution < 1.29 is 9.18 Å². The van der Waals surface area contributed by atoms with E-state index in [4.69, 9.17) is 0 Å². The fourth-order valence-electron chi connectivity index (χ4n) is 3.10. The number of fused-ring (bicyclic) bond motifs is 2. The van der Waals surface area contributed by atoms with Gasteiger partial charge in [0.25, 0.3) is 5.91 Å². The van der Waals surface area contributed by atoms with Crippen LogP contribution in [0.15, 0.2) is 41.3 Å². The highest BCUT2D eigenvalue weighted by Gasteiger charge is 2.23. The van der Waals surface area contributed by atoms with E-state index in [0.29, 0.717) is 11.1 Å². The van der Waals surface area contributed by atoms with E-state index in [9.17, 15) is 9.18 Å². The number of nitrogens with zero attached hydrogens (tertiary/aromatic N) is 3. The SMILES string of the molecule is CCn1nnc2cc(C(=O)NC3CCSc4ccc(F)cc43)ccc21. The largest absolute Gasteiger partial charge is 0.345 e. The van der Waals surface area contributed by atoms with Gasteiger partial charge in [0.15, 0.2) is 0 Å². The number of hydrogen-bond donors (Lipinski definition) is 1. The van der Waals surface area contributed by atoms with Gasteiger partial charge >= 0.3 is 0 Å². The molecular formula is C18H17FN4OS. The molecule has 1 aliphatic rings. The first-order valence-electron chi connectivity index (χ1n) is 8.22. The molecule has 2 aromatic carbocycles. The van der Waals surface area contributed by atoms with Gasteiger partial charge in [-0.15, -0.1) is 16.9 Å². The summed E-state index contributed by atoms with van der Waals surface area (Å²) in [5, 5.41) is 11.2. The molecule has 0 radical (unpaired) electrons. The molecular weight excluding hydrogens is 339 g/mol. The molecule has 1 aliphatic heterocycles. The molecule has 0 aliphatic carbocycles. The molecule has 1 amide bonds. The lowest BCUT2D eigenvalue weighted by molar-refractivity contribution is 0.0935. The maximum Gasteiger partial charge on any atom is 0.251 e. The van der Waals surface area contributed by atoms with Crippen LogP contribution in [0.1, 0.15) is 35.3 Å². The number of aromatic nitrogens is 3. The molecule has 5 nitrogen and oxygen atoms in total. The van der Waals surface area contributed by atoms with Gasteiger partial charge in [0, 0.05) is 22.8 Å². The lowest BCUT2D eigenvalue weighted by Crippen LogP contribution is -2.30. The summed E-state index contributed by atoms with van der Waals surface area (Å²) < 4.78 is 15.4. The van der Waals surface area contributed by atoms with Crippen molar-refractivity contribution in [3.63, 3.8) is 0 Å². The van der Waals surface area contributed by atoms with Crippen molar-refractivity contribution in [3.8, 4) is 0 Å². The van der Waals surface area contributed by atoms with Crippen molar-refractivity contribution in [1.82, 2.24) is 20.3 Å². The molecule has 1 atom stereocenters. The number of aryl methyl sites for hydroxylation is 1. The molecule has 7 heteroatoms. The lowest BCUT2D eigenvalue weighted by atomic mass is 10.0. The first kappa shape index (κ1) is 16.1. The Hall–Kier alpha value is -2.41. The van der Waals surface area contributed by atoms with Crippen molar-refractivity contribution in [1.29, 1.82) is 0 Å². The van der Waals surface area contributed by atoms with Gasteiger partial charge in [-0.3, -0.25) is 4.79 Å². The summed E-state index contributed by atoms with van der Waals surface area (Å²) in [5.41, 5.74) is 2.98. The Balaban J connectivity index is 1.60. The van der Waals surface area contributed by atoms with Crippen LogP contribution in [-0.2, 0) is 6.54 Å². The van der Waals surface area contributed by atoms with Crippen molar-refractivity contribution in [2.75, 3.05) is 5.75 Å². The molecule has 2 heterocycles. The normalized spacial score (nSPS) is 16.6. The summed E-state index contributed by atoms with van der Waals surface area (Å²) in [7, 11) is 0. The van der Waals surface area contributed by atoms with Crippen molar-refractivity contribution in [3.05, 3.63) is 53.3 Å². The molecule has 0 fully saturated rings. The van der Waals surface area contributed by atoms with Crippen LogP contribution in [0.5, 0.6) is 0 Å². The lowest BCUT2D eigenvalue weighted by Gasteiger charge is -2.26. The van der Waals surface area contributed by atoms with Gasteiger partial charge in [-0.05, 0) is 55.3 Å². The van der Waals surface area contributed by atoms with Gasteiger partial charge in [-0.1, -0.05) is 5.21 Å². The Labute approximate surface area is 148 Å². The molecule has 1 unspecified atom stereocenters. The Morgan fingerprint density at radius 1 is 1.36 bits per heavy atom. The van der Waals surface area contributed by atoms with Crippen LogP contribution in [0.2, 0.25) is 0 Å². The highest BCUT2D eigenvalue weighted by Crippen LogP contribution is 2.36. The van der Waals surface area contributed by atoms with E-state index in [1.807, 2.05) is 13.0 Å². The fourth-order valence-corrected chi connectivity index (χ4v) is 4.21. The minimum Gasteiger partial charge on any atom is -0.345 e. The number of rotatable bonds is 3. The van der Waals surface area contributed by atoms with Crippen LogP contribution < -0.4 is 5.32 Å². The Morgan fingerprint density at radius 3 is 3.08 bits per heavy atom. The monoisotopic (exact) mass is 356 g/mol. The first-order chi connectivity index (χ1) is 12.2. The third kappa shape index (κ3) is 3.00. The third-order valence-corrected chi connectivity index (χ3v) is 5.51. The van der Waals surface area contributed by atoms with Crippen LogP contribution in [0.25, 0.3) is 11.0 Å². The average molecular weight is 356 g/mol. The number of carbonyl (C=O) groups excluding carboxylic acids is 1. The second-order valence-electron chi connectivity index (χ2n) is 5.95. The van der Waals surface area contributed by atoms with E-state index in [0.717, 1.165) is 34.7 Å². The van der Waals surface area contributed by atoms with E-state index >= 15 is 0 Å². The topological polar surface area (TPSA) is 59.8 Å². The van der Waals surface area contributed by atoms with E-state index in [2.05, 4.69) is 15.6 Å². The molecule has 1 N–H and O–H groups in total. The van der Waals surface area contributed by atoms with Gasteiger partial charge in [-0.2, -0.15) is 0 Å². The molecule has 0 bridgehead atoms. The van der Waals surface area contributed by atoms with Gasteiger partial charge in [0.05, 0.1) is 11.6 Å². The highest BCUT2D eigenvalue weighted by atomic mass is 32.2. The molecule has 4 rings (SSSR count). The first-order valence-corrected chi connectivity index (χ1v) is 9.20. The molecule has 0 saturated carbocycles. The summed E-state index contributed by atoms with van der Waals surface area (Å²) >= 11 is 1.69. The number of carbonyl (C=O) groups is 1. The standard InChI is InChI=1S/C18H17FN4OS/c1-2-23-16-5-3-11(9-15(16)21-22-23)18(24)20-14-7-8-25-17-6-4-12(19)10-13(14)17/h3-6,9-10,14H,2,7-8H2,1H3,(H,20,24). The third-order valence-electron chi connectivity index (χ3n) is 4.39. The minimum absolute atomic E-state index is 0.179. The molecule has 25 heavy (non-hydrogen) atoms. The van der Waals surface area contributed by atoms with Gasteiger partial charge in [-0.25, -0.2) is 9.07 Å². The van der Waals surface area contributed by atoms with Crippen molar-refractivity contribution in [2.24, 2.45) is 0 Å². The second kappa shape index (κ2) is 6.48. The summed E-state index contributed by atoms with van der Waals surface area (Å²) in [6.45, 7) is 2.72. The van der Waals surface area contributed by atoms with Gasteiger partial charge < -0.3 is 5.32 Å². The van der Waals surface area contributed by atoms with Crippen molar-refractivity contribution in [2.45, 2.75) is 30.8 Å². The Morgan fingerprint density at radius 2 is 2.24 bits per heavy atom. The number of nitrogens with one attached hydrogen (secondary N) is 1. The van der Waals surface area contributed by atoms with Gasteiger partial charge in [0.1, 0.15) is 11.3 Å². The zero-order valence-corrected chi connectivity index (χ0v) is 14.5. The molecule has 3 aromatic rings. The number of benzene rings is 2. The average Bonchev–Trinajstić information content (AvgIpc) is 3.04. The van der Waals surface area contributed by atoms with Crippen LogP contribution >= 0.6 is 11.8 Å². The summed E-state index contributed by atoms with van der Waals surface area (Å²) in [6, 6.07) is 9.96. The zero-order valence-electron chi connectivity index (χ0n) is 13.7. The Bertz CT molecular complexity index is 955. The molecule has 0 saturated heterocycles. The fraction of sp³-hybridized carbons (Fsp3) is 0.278. The van der Waals surface area contributed by atoms with E-state index in [1.54, 1.807) is 34.6 Å². The van der Waals surface area contributed by atoms with E-state index < -0.39 is 0 Å². The summed E-state index contributed by atoms with van der Waals surface area (Å²) in [6.07, 6.45) is 0.779. The predicted molar refractivity (Wildman–Crippen MR) is 95.2 cm³/mol. The highest BCUT2D eigenvalue weighted by molar-refractivity contribution is 7.99. The minimum atomic E-state index is -0.280. The summed E-state index contributed by atoms with van der Waals surface area (Å²) in [4.78, 5) is 13.7. The van der Waals surface area contributed by atoms with Crippen molar-refractivity contribution >= 4 is 28.7 Å². The quantitative estimate of drug-likeness (QED) is 0.780. The Kier molecular flexibility index (Phi) is 4.17. The van der Waals surface area contributed by atoms with E-state index in [1.165, 1.54) is 12.1 Å². The number of hydrogen-bond acceptors (Lipinski definition) is 4. The number of halogens is 1. The molecule has 128 valence electrons. The van der Waals surface area contributed by atoms with Gasteiger partial charge in [0.2, 0.25) is 0 Å². The van der Waals surface area contributed by atoms with E-state index in [-0.39, 0.29) is 17.8 Å². The second-order valence-corrected chi connectivity index (χ2v) is 7.09. The smallest absolute Gasteiger partial charge is 0.251 e. The van der Waals surface area contributed by atoms with Crippen LogP contribution in [0.3, 0.4) is 0 Å². The number of amides is 1. The van der Waals surface area contributed by atoms with Crippen LogP contribution in [0, 0.1) is 5.82 Å². The number of thioether (sulfide) groups is 1. The summed E-state index contributed by atoms with van der Waals surface area (Å²) in [5.74, 6) is 0.436. The maximum atomic E-state index is 13.6. The molecule has 1 aromatic heterocycles. The van der Waals surface area contributed by atoms with Crippen LogP contribution in [-0.4, -0.2) is 26.7 Å². The predicted octanol–water partition coefficient (Wildman–Crippen LogP) is 3.56. The maximum absolute atomic E-state index is 13.6. The van der Waals surface area contributed by atoms with Crippen LogP contribution in [0.4, 0.5) is 4.39 Å². The molecule has 0 spiro atoms.